The van der Waals surface area contributed by atoms with Crippen LogP contribution >= 0.6 is 25.8 Å². The summed E-state index contributed by atoms with van der Waals surface area (Å²) < 4.78 is 80.3. The van der Waals surface area contributed by atoms with E-state index in [1.54, 1.807) is 0 Å². The van der Waals surface area contributed by atoms with Crippen LogP contribution in [0.3, 0.4) is 0 Å². The number of aromatic amines is 2. The Morgan fingerprint density at radius 1 is 1.02 bits per heavy atom. The molecule has 4 aromatic heterocycles. The van der Waals surface area contributed by atoms with Crippen LogP contribution in [-0.4, -0.2) is 99.3 Å². The van der Waals surface area contributed by atoms with Gasteiger partial charge in [0.1, 0.15) is 24.4 Å². The van der Waals surface area contributed by atoms with Gasteiger partial charge in [-0.3, -0.25) is 32.7 Å². The molecular formula is C19H20F2N10O10P2S2. The van der Waals surface area contributed by atoms with E-state index in [9.17, 15) is 19.0 Å². The lowest BCUT2D eigenvalue weighted by molar-refractivity contribution is -0.0597. The maximum absolute atomic E-state index is 15.9. The van der Waals surface area contributed by atoms with Crippen molar-refractivity contribution >= 4 is 65.8 Å². The molecule has 242 valence electrons. The normalized spacial score (nSPS) is 37.7. The third-order valence-electron chi connectivity index (χ3n) is 7.08. The lowest BCUT2D eigenvalue weighted by Crippen LogP contribution is -2.34. The summed E-state index contributed by atoms with van der Waals surface area (Å²) >= 11 is 9.04. The Kier molecular flexibility index (Phi) is 7.68. The first-order valence-electron chi connectivity index (χ1n) is 12.7. The monoisotopic (exact) mass is 712 g/mol. The van der Waals surface area contributed by atoms with Gasteiger partial charge in [-0.05, 0) is 11.8 Å². The summed E-state index contributed by atoms with van der Waals surface area (Å²) in [7, 11) is 0. The molecule has 0 radical (unpaired) electrons. The van der Waals surface area contributed by atoms with Gasteiger partial charge in [0, 0.05) is 0 Å². The summed E-state index contributed by atoms with van der Waals surface area (Å²) in [5, 5.41) is 7.45. The Balaban J connectivity index is 1.21. The third kappa shape index (κ3) is 5.52. The number of nitrogens with two attached hydrogens (primary N) is 1. The molecule has 2 unspecified atom stereocenters. The highest BCUT2D eigenvalue weighted by Crippen LogP contribution is 2.58. The molecule has 3 aliphatic heterocycles. The van der Waals surface area contributed by atoms with E-state index in [0.717, 1.165) is 21.9 Å². The minimum atomic E-state index is -4.52. The van der Waals surface area contributed by atoms with Crippen LogP contribution in [0.15, 0.2) is 22.2 Å². The van der Waals surface area contributed by atoms with E-state index in [-0.39, 0.29) is 28.3 Å². The molecule has 7 heterocycles. The van der Waals surface area contributed by atoms with Crippen molar-refractivity contribution < 1.29 is 45.8 Å². The number of fused-ring (bicyclic) bond motifs is 5. The highest BCUT2D eigenvalue weighted by Gasteiger charge is 2.54. The number of nitrogens with one attached hydrogen (secondary N) is 2. The van der Waals surface area contributed by atoms with Gasteiger partial charge in [0.15, 0.2) is 47.1 Å². The summed E-state index contributed by atoms with van der Waals surface area (Å²) in [6.07, 6.45) is -11.7. The van der Waals surface area contributed by atoms with Crippen molar-refractivity contribution in [2.24, 2.45) is 0 Å². The Hall–Kier alpha value is -2.76. The Labute approximate surface area is 257 Å². The molecule has 26 heteroatoms. The second-order valence-corrected chi connectivity index (χ2v) is 15.6. The van der Waals surface area contributed by atoms with Gasteiger partial charge in [0.25, 0.3) is 11.1 Å². The fraction of sp³-hybridized carbons (Fsp3) is 0.526. The summed E-state index contributed by atoms with van der Waals surface area (Å²) in [4.78, 5) is 51.7. The van der Waals surface area contributed by atoms with Gasteiger partial charge in [-0.25, -0.2) is 23.3 Å². The number of thiol groups is 1. The first-order valence-corrected chi connectivity index (χ1v) is 18.0. The molecular weight excluding hydrogens is 692 g/mol. The number of H-pyrrole nitrogens is 2. The number of ether oxygens (including phenoxy) is 2. The van der Waals surface area contributed by atoms with Crippen molar-refractivity contribution in [1.82, 2.24) is 44.5 Å². The minimum Gasteiger partial charge on any atom is -0.369 e. The second-order valence-electron chi connectivity index (χ2n) is 9.90. The van der Waals surface area contributed by atoms with Gasteiger partial charge < -0.3 is 29.6 Å². The maximum Gasteiger partial charge on any atom is 0.386 e. The van der Waals surface area contributed by atoms with Gasteiger partial charge >= 0.3 is 13.5 Å². The van der Waals surface area contributed by atoms with E-state index in [1.165, 1.54) is 0 Å². The predicted octanol–water partition coefficient (Wildman–Crippen LogP) is -0.227. The first kappa shape index (κ1) is 30.9. The number of alkyl halides is 2. The predicted molar refractivity (Wildman–Crippen MR) is 151 cm³/mol. The van der Waals surface area contributed by atoms with Crippen LogP contribution in [0, 0.1) is 0 Å². The molecule has 3 fully saturated rings. The van der Waals surface area contributed by atoms with Crippen molar-refractivity contribution in [3.05, 3.63) is 33.4 Å². The largest absolute Gasteiger partial charge is 0.386 e. The molecule has 4 aromatic rings. The topological polar surface area (TPSA) is 259 Å². The van der Waals surface area contributed by atoms with E-state index < -0.39 is 87.1 Å². The number of rotatable bonds is 2. The minimum absolute atomic E-state index is 0.116. The lowest BCUT2D eigenvalue weighted by atomic mass is 10.1. The van der Waals surface area contributed by atoms with Gasteiger partial charge in [0.2, 0.25) is 5.95 Å². The zero-order valence-electron chi connectivity index (χ0n) is 22.0. The summed E-state index contributed by atoms with van der Waals surface area (Å²) in [5.41, 5.74) is 3.69. The molecule has 5 N–H and O–H groups in total. The van der Waals surface area contributed by atoms with Crippen LogP contribution in [0.1, 0.15) is 12.5 Å². The quantitative estimate of drug-likeness (QED) is 0.133. The van der Waals surface area contributed by atoms with Crippen molar-refractivity contribution in [3.63, 3.8) is 0 Å². The van der Waals surface area contributed by atoms with Crippen LogP contribution in [0.25, 0.3) is 22.3 Å². The molecule has 45 heavy (non-hydrogen) atoms. The SMILES string of the molecule is Nc1nc2c(ncn2[C@@H]2O[C@@H]3COP(O)(=S)O[C@H]4[C@@H](F)[C@H](n5nnc6c(=O)[nH]cnc65)O[C@@H]4COP(=O)(S)O[C@@H]2[C@@H]3F)c(=O)[nH]1. The smallest absolute Gasteiger partial charge is 0.369 e. The van der Waals surface area contributed by atoms with Gasteiger partial charge in [0.05, 0.1) is 25.9 Å². The fourth-order valence-electron chi connectivity index (χ4n) is 5.10. The summed E-state index contributed by atoms with van der Waals surface area (Å²) in [6.45, 7) is -10.4. The van der Waals surface area contributed by atoms with Crippen LogP contribution < -0.4 is 16.9 Å². The number of aromatic nitrogens is 9. The number of nitrogens with zero attached hydrogens (tertiary/aromatic N) is 7. The molecule has 3 aliphatic rings. The number of nitrogen functional groups attached to an aromatic ring is 1. The molecule has 0 aromatic carbocycles. The molecule has 0 spiro atoms. The Morgan fingerprint density at radius 3 is 2.58 bits per heavy atom. The first-order chi connectivity index (χ1) is 21.3. The molecule has 3 saturated heterocycles. The van der Waals surface area contributed by atoms with Crippen LogP contribution in [0.4, 0.5) is 14.7 Å². The lowest BCUT2D eigenvalue weighted by Gasteiger charge is -2.26. The number of imidazole rings is 1. The number of anilines is 1. The molecule has 10 atom stereocenters. The van der Waals surface area contributed by atoms with Crippen molar-refractivity contribution in [2.45, 2.75) is 49.2 Å². The van der Waals surface area contributed by atoms with E-state index in [1.807, 2.05) is 0 Å². The van der Waals surface area contributed by atoms with E-state index in [4.69, 9.17) is 45.1 Å². The molecule has 0 aliphatic carbocycles. The van der Waals surface area contributed by atoms with E-state index in [2.05, 4.69) is 47.5 Å². The van der Waals surface area contributed by atoms with Gasteiger partial charge in [-0.15, -0.1) is 5.10 Å². The molecule has 7 rings (SSSR count). The average Bonchev–Trinajstić information content (AvgIpc) is 3.72. The Bertz CT molecular complexity index is 2010. The zero-order chi connectivity index (χ0) is 31.8. The highest BCUT2D eigenvalue weighted by atomic mass is 32.7. The average molecular weight is 713 g/mol. The van der Waals surface area contributed by atoms with E-state index >= 15 is 8.78 Å². The Morgan fingerprint density at radius 2 is 1.78 bits per heavy atom. The molecule has 2 bridgehead atoms. The van der Waals surface area contributed by atoms with E-state index in [0.29, 0.717) is 0 Å². The van der Waals surface area contributed by atoms with Gasteiger partial charge in [-0.2, -0.15) is 9.67 Å². The standard InChI is InChI=1S/C19H20F2N10O10P2S2/c20-7-5-1-36-42(34,44)40-11-6(39-17(8(11)21)31-13-10(28-29-31)15(32)24-3-23-13)2-37-43(35,45)41-12(7)18(38-5)30-4-25-9-14(30)26-19(22)27-16(9)33/h3-8,11-12,17-18H,1-2H2,(H,34,44)(H,35,45)(H,23,24,32)(H3,22,26,27,33)/t5-,6-,7-,8-,11-,12-,17-,18-,42?,43?/m1/s1. The fourth-order valence-corrected chi connectivity index (χ4v) is 7.99. The summed E-state index contributed by atoms with van der Waals surface area (Å²) in [5.74, 6) is -0.276. The maximum atomic E-state index is 15.9. The number of halogens is 2. The highest BCUT2D eigenvalue weighted by molar-refractivity contribution is 8.44. The van der Waals surface area contributed by atoms with Crippen molar-refractivity contribution in [3.8, 4) is 0 Å². The van der Waals surface area contributed by atoms with Gasteiger partial charge in [-0.1, -0.05) is 17.5 Å². The zero-order valence-corrected chi connectivity index (χ0v) is 25.5. The van der Waals surface area contributed by atoms with Crippen molar-refractivity contribution in [2.75, 3.05) is 18.9 Å². The molecule has 0 amide bonds. The molecule has 0 saturated carbocycles. The van der Waals surface area contributed by atoms with Crippen LogP contribution in [-0.2, 0) is 43.9 Å². The number of hydrogen-bond acceptors (Lipinski definition) is 16. The van der Waals surface area contributed by atoms with Crippen LogP contribution in [0.2, 0.25) is 0 Å². The summed E-state index contributed by atoms with van der Waals surface area (Å²) in [6, 6.07) is 0. The molecule has 20 nitrogen and oxygen atoms in total. The van der Waals surface area contributed by atoms with Crippen molar-refractivity contribution in [1.29, 1.82) is 0 Å². The number of hydrogen-bond donors (Lipinski definition) is 5. The van der Waals surface area contributed by atoms with Crippen LogP contribution in [0.5, 0.6) is 0 Å². The third-order valence-corrected chi connectivity index (χ3v) is 10.3. The second kappa shape index (κ2) is 11.2.